The van der Waals surface area contributed by atoms with Gasteiger partial charge in [-0.3, -0.25) is 0 Å². The lowest BCUT2D eigenvalue weighted by molar-refractivity contribution is 0.0221. The van der Waals surface area contributed by atoms with Crippen LogP contribution in [0.2, 0.25) is 0 Å². The summed E-state index contributed by atoms with van der Waals surface area (Å²) in [4.78, 5) is 0. The molecule has 0 aromatic heterocycles. The quantitative estimate of drug-likeness (QED) is 0.357. The van der Waals surface area contributed by atoms with Gasteiger partial charge in [-0.2, -0.15) is 0 Å². The summed E-state index contributed by atoms with van der Waals surface area (Å²) in [5, 5.41) is 0. The Balaban J connectivity index is 3.41. The number of rotatable bonds is 10. The molecule has 0 atom stereocenters. The highest BCUT2D eigenvalue weighted by Gasteiger charge is 2.34. The lowest BCUT2D eigenvalue weighted by Crippen LogP contribution is -2.33. The maximum Gasteiger partial charge on any atom is 0.123 e. The molecule has 0 spiro atoms. The van der Waals surface area contributed by atoms with Crippen LogP contribution < -0.4 is 4.74 Å². The summed E-state index contributed by atoms with van der Waals surface area (Å²) in [7, 11) is 0. The molecular weight excluding hydrogens is 392 g/mol. The second-order valence-electron chi connectivity index (χ2n) is 14.5. The fourth-order valence-corrected chi connectivity index (χ4v) is 5.31. The van der Waals surface area contributed by atoms with E-state index in [2.05, 4.69) is 115 Å². The number of hydrogen-bond donors (Lipinski definition) is 0. The molecule has 0 amide bonds. The van der Waals surface area contributed by atoms with Crippen LogP contribution in [-0.2, 0) is 15.6 Å². The van der Waals surface area contributed by atoms with Gasteiger partial charge < -0.3 is 9.47 Å². The van der Waals surface area contributed by atoms with E-state index >= 15 is 0 Å². The van der Waals surface area contributed by atoms with Crippen molar-refractivity contribution in [1.29, 1.82) is 0 Å². The molecule has 0 aliphatic heterocycles. The number of hydrogen-bond acceptors (Lipinski definition) is 2. The summed E-state index contributed by atoms with van der Waals surface area (Å²) in [6, 6.07) is 6.95. The second kappa shape index (κ2) is 10.1. The van der Waals surface area contributed by atoms with Gasteiger partial charge in [-0.1, -0.05) is 81.4 Å². The SMILES string of the molecule is CC(C)OCCC(C)(C)Oc1ccc(C(C)(C)CC(C)(C)C)cc1C(C)(C)CC(C)(C)C. The van der Waals surface area contributed by atoms with Crippen LogP contribution >= 0.6 is 0 Å². The van der Waals surface area contributed by atoms with Crippen molar-refractivity contribution >= 4 is 0 Å². The lowest BCUT2D eigenvalue weighted by atomic mass is 9.68. The van der Waals surface area contributed by atoms with Crippen molar-refractivity contribution in [2.45, 2.75) is 139 Å². The van der Waals surface area contributed by atoms with E-state index in [1.807, 2.05) is 0 Å². The van der Waals surface area contributed by atoms with Crippen molar-refractivity contribution in [3.63, 3.8) is 0 Å². The smallest absolute Gasteiger partial charge is 0.123 e. The van der Waals surface area contributed by atoms with Crippen LogP contribution in [0.4, 0.5) is 0 Å². The van der Waals surface area contributed by atoms with E-state index in [4.69, 9.17) is 9.47 Å². The molecule has 0 saturated heterocycles. The average Bonchev–Trinajstić information content (AvgIpc) is 2.49. The Labute approximate surface area is 200 Å². The summed E-state index contributed by atoms with van der Waals surface area (Å²) in [6.45, 7) is 32.7. The van der Waals surface area contributed by atoms with Crippen molar-refractivity contribution in [2.24, 2.45) is 10.8 Å². The predicted molar refractivity (Wildman–Crippen MR) is 141 cm³/mol. The Morgan fingerprint density at radius 1 is 0.719 bits per heavy atom. The normalized spacial score (nSPS) is 14.2. The Morgan fingerprint density at radius 3 is 1.69 bits per heavy atom. The standard InChI is InChI=1S/C30H54O2/c1-22(2)31-18-17-30(13,14)32-25-16-15-23(28(9,10)20-26(3,4)5)19-24(25)29(11,12)21-27(6,7)8/h15-16,19,22H,17-18,20-21H2,1-14H3. The van der Waals surface area contributed by atoms with Crippen molar-refractivity contribution in [1.82, 2.24) is 0 Å². The molecule has 0 fully saturated rings. The van der Waals surface area contributed by atoms with E-state index in [0.717, 1.165) is 25.0 Å². The summed E-state index contributed by atoms with van der Waals surface area (Å²) in [5.74, 6) is 1.02. The molecule has 1 aromatic carbocycles. The van der Waals surface area contributed by atoms with Crippen LogP contribution in [0.25, 0.3) is 0 Å². The zero-order chi connectivity index (χ0) is 25.2. The van der Waals surface area contributed by atoms with E-state index < -0.39 is 0 Å². The number of ether oxygens (including phenoxy) is 2. The molecule has 32 heavy (non-hydrogen) atoms. The maximum absolute atomic E-state index is 6.70. The summed E-state index contributed by atoms with van der Waals surface area (Å²) in [6.07, 6.45) is 3.34. The van der Waals surface area contributed by atoms with E-state index in [9.17, 15) is 0 Å². The molecule has 2 nitrogen and oxygen atoms in total. The van der Waals surface area contributed by atoms with Gasteiger partial charge in [-0.25, -0.2) is 0 Å². The first kappa shape index (κ1) is 29.0. The van der Waals surface area contributed by atoms with Crippen molar-refractivity contribution < 1.29 is 9.47 Å². The van der Waals surface area contributed by atoms with Crippen LogP contribution in [-0.4, -0.2) is 18.3 Å². The minimum absolute atomic E-state index is 0.00587. The molecule has 186 valence electrons. The fourth-order valence-electron chi connectivity index (χ4n) is 5.31. The molecule has 0 N–H and O–H groups in total. The maximum atomic E-state index is 6.70. The van der Waals surface area contributed by atoms with Crippen LogP contribution in [0.1, 0.15) is 127 Å². The van der Waals surface area contributed by atoms with E-state index in [1.165, 1.54) is 11.1 Å². The minimum Gasteiger partial charge on any atom is -0.487 e. The van der Waals surface area contributed by atoms with Crippen molar-refractivity contribution in [3.05, 3.63) is 29.3 Å². The molecule has 0 aliphatic rings. The zero-order valence-electron chi connectivity index (χ0n) is 24.0. The molecule has 0 unspecified atom stereocenters. The van der Waals surface area contributed by atoms with Gasteiger partial charge in [0.25, 0.3) is 0 Å². The third kappa shape index (κ3) is 9.86. The first-order valence-electron chi connectivity index (χ1n) is 12.6. The van der Waals surface area contributed by atoms with Gasteiger partial charge in [0.15, 0.2) is 0 Å². The van der Waals surface area contributed by atoms with Gasteiger partial charge in [0.2, 0.25) is 0 Å². The van der Waals surface area contributed by atoms with E-state index in [0.29, 0.717) is 6.61 Å². The molecule has 1 rings (SSSR count). The molecule has 1 aromatic rings. The largest absolute Gasteiger partial charge is 0.487 e. The lowest BCUT2D eigenvalue weighted by Gasteiger charge is -2.38. The van der Waals surface area contributed by atoms with Gasteiger partial charge in [0.1, 0.15) is 11.4 Å². The van der Waals surface area contributed by atoms with Crippen LogP contribution in [0, 0.1) is 10.8 Å². The Morgan fingerprint density at radius 2 is 1.22 bits per heavy atom. The van der Waals surface area contributed by atoms with Crippen LogP contribution in [0.5, 0.6) is 5.75 Å². The molecule has 0 saturated carbocycles. The van der Waals surface area contributed by atoms with Gasteiger partial charge in [0, 0.05) is 12.0 Å². The molecule has 0 heterocycles. The minimum atomic E-state index is -0.288. The molecule has 0 radical (unpaired) electrons. The third-order valence-electron chi connectivity index (χ3n) is 5.98. The molecule has 0 aliphatic carbocycles. The van der Waals surface area contributed by atoms with Crippen LogP contribution in [0.15, 0.2) is 18.2 Å². The van der Waals surface area contributed by atoms with Crippen LogP contribution in [0.3, 0.4) is 0 Å². The average molecular weight is 447 g/mol. The third-order valence-corrected chi connectivity index (χ3v) is 5.98. The van der Waals surface area contributed by atoms with Gasteiger partial charge >= 0.3 is 0 Å². The zero-order valence-corrected chi connectivity index (χ0v) is 24.0. The highest BCUT2D eigenvalue weighted by atomic mass is 16.5. The summed E-state index contributed by atoms with van der Waals surface area (Å²) in [5.41, 5.74) is 3.05. The van der Waals surface area contributed by atoms with Crippen molar-refractivity contribution in [2.75, 3.05) is 6.61 Å². The monoisotopic (exact) mass is 446 g/mol. The van der Waals surface area contributed by atoms with Crippen molar-refractivity contribution in [3.8, 4) is 5.75 Å². The fraction of sp³-hybridized carbons (Fsp3) is 0.800. The topological polar surface area (TPSA) is 18.5 Å². The van der Waals surface area contributed by atoms with Gasteiger partial charge in [-0.15, -0.1) is 0 Å². The summed E-state index contributed by atoms with van der Waals surface area (Å²) < 4.78 is 12.5. The van der Waals surface area contributed by atoms with Gasteiger partial charge in [0.05, 0.1) is 12.7 Å². The first-order valence-corrected chi connectivity index (χ1v) is 12.6. The Bertz CT molecular complexity index is 724. The highest BCUT2D eigenvalue weighted by Crippen LogP contribution is 2.44. The number of benzene rings is 1. The van der Waals surface area contributed by atoms with Gasteiger partial charge in [-0.05, 0) is 73.8 Å². The van der Waals surface area contributed by atoms with E-state index in [-0.39, 0.29) is 33.4 Å². The predicted octanol–water partition coefficient (Wildman–Crippen LogP) is 9.09. The Kier molecular flexibility index (Phi) is 9.14. The summed E-state index contributed by atoms with van der Waals surface area (Å²) >= 11 is 0. The molecule has 2 heteroatoms. The first-order chi connectivity index (χ1) is 14.1. The second-order valence-corrected chi connectivity index (χ2v) is 14.5. The van der Waals surface area contributed by atoms with E-state index in [1.54, 1.807) is 0 Å². The molecule has 0 bridgehead atoms. The highest BCUT2D eigenvalue weighted by molar-refractivity contribution is 5.44. The molecular formula is C30H54O2. The Hall–Kier alpha value is -1.02.